The number of carboxylic acids is 1. The highest BCUT2D eigenvalue weighted by Gasteiger charge is 2.34. The van der Waals surface area contributed by atoms with Crippen LogP contribution >= 0.6 is 0 Å². The molecule has 1 aliphatic rings. The number of pyridine rings is 1. The number of nitrogens with zero attached hydrogens (tertiary/aromatic N) is 1. The number of rotatable bonds is 4. The molecule has 1 heterocycles. The first-order chi connectivity index (χ1) is 9.57. The van der Waals surface area contributed by atoms with Crippen LogP contribution in [-0.4, -0.2) is 33.3 Å². The Morgan fingerprint density at radius 2 is 2.10 bits per heavy atom. The minimum Gasteiger partial charge on any atom is -0.477 e. The smallest absolute Gasteiger partial charge is 0.354 e. The summed E-state index contributed by atoms with van der Waals surface area (Å²) in [6.45, 7) is 0.396. The Morgan fingerprint density at radius 3 is 2.75 bits per heavy atom. The first-order valence-electron chi connectivity index (χ1n) is 6.67. The van der Waals surface area contributed by atoms with Crippen molar-refractivity contribution in [3.05, 3.63) is 36.0 Å². The van der Waals surface area contributed by atoms with Gasteiger partial charge in [-0.15, -0.1) is 0 Å². The average Bonchev–Trinajstić information content (AvgIpc) is 2.42. The molecule has 3 rings (SSSR count). The summed E-state index contributed by atoms with van der Waals surface area (Å²) in [5.41, 5.74) is -0.672. The van der Waals surface area contributed by atoms with E-state index in [9.17, 15) is 9.90 Å². The molecule has 0 radical (unpaired) electrons. The molecule has 5 heteroatoms. The molecule has 0 aliphatic heterocycles. The molecule has 1 aliphatic carbocycles. The van der Waals surface area contributed by atoms with Crippen molar-refractivity contribution in [1.82, 2.24) is 4.98 Å². The molecule has 0 spiro atoms. The van der Waals surface area contributed by atoms with Crippen LogP contribution in [0.1, 0.15) is 29.8 Å². The minimum atomic E-state index is -1.05. The van der Waals surface area contributed by atoms with E-state index in [0.717, 1.165) is 30.0 Å². The van der Waals surface area contributed by atoms with E-state index < -0.39 is 11.6 Å². The number of hydrogen-bond acceptors (Lipinski definition) is 4. The van der Waals surface area contributed by atoms with Crippen molar-refractivity contribution in [2.24, 2.45) is 0 Å². The molecule has 0 unspecified atom stereocenters. The molecule has 1 aromatic heterocycles. The Hall–Kier alpha value is -2.14. The summed E-state index contributed by atoms with van der Waals surface area (Å²) in [7, 11) is 0. The van der Waals surface area contributed by atoms with Crippen LogP contribution in [0.25, 0.3) is 10.8 Å². The van der Waals surface area contributed by atoms with Gasteiger partial charge in [0.15, 0.2) is 5.69 Å². The lowest BCUT2D eigenvalue weighted by molar-refractivity contribution is -0.0202. The van der Waals surface area contributed by atoms with Crippen molar-refractivity contribution in [2.45, 2.75) is 24.9 Å². The van der Waals surface area contributed by atoms with Crippen LogP contribution in [0.2, 0.25) is 0 Å². The molecular formula is C15H16N2O3. The summed E-state index contributed by atoms with van der Waals surface area (Å²) >= 11 is 0. The predicted molar refractivity (Wildman–Crippen MR) is 76.0 cm³/mol. The SMILES string of the molecule is O=C(O)c1cc2ccccc2c(NCC2(O)CCC2)n1. The van der Waals surface area contributed by atoms with Gasteiger partial charge in [0.1, 0.15) is 5.82 Å². The summed E-state index contributed by atoms with van der Waals surface area (Å²) in [6.07, 6.45) is 2.58. The number of carboxylic acid groups (broad SMARTS) is 1. The van der Waals surface area contributed by atoms with Crippen molar-refractivity contribution in [1.29, 1.82) is 0 Å². The second kappa shape index (κ2) is 4.76. The minimum absolute atomic E-state index is 0.00630. The zero-order chi connectivity index (χ0) is 14.2. The third-order valence-corrected chi connectivity index (χ3v) is 3.83. The molecule has 0 atom stereocenters. The molecule has 1 fully saturated rings. The van der Waals surface area contributed by atoms with Gasteiger partial charge >= 0.3 is 5.97 Å². The third-order valence-electron chi connectivity index (χ3n) is 3.83. The fourth-order valence-electron chi connectivity index (χ4n) is 2.45. The maximum atomic E-state index is 11.1. The number of fused-ring (bicyclic) bond motifs is 1. The van der Waals surface area contributed by atoms with Gasteiger partial charge in [-0.3, -0.25) is 0 Å². The largest absolute Gasteiger partial charge is 0.477 e. The molecule has 0 bridgehead atoms. The molecule has 3 N–H and O–H groups in total. The van der Waals surface area contributed by atoms with Gasteiger partial charge in [-0.05, 0) is 30.7 Å². The van der Waals surface area contributed by atoms with Crippen LogP contribution < -0.4 is 5.32 Å². The van der Waals surface area contributed by atoms with Gasteiger partial charge in [-0.2, -0.15) is 0 Å². The van der Waals surface area contributed by atoms with E-state index in [0.29, 0.717) is 12.4 Å². The lowest BCUT2D eigenvalue weighted by atomic mass is 9.80. The highest BCUT2D eigenvalue weighted by atomic mass is 16.4. The molecule has 5 nitrogen and oxygen atoms in total. The van der Waals surface area contributed by atoms with Crippen LogP contribution in [0, 0.1) is 0 Å². The number of aliphatic hydroxyl groups is 1. The molecule has 1 aromatic carbocycles. The summed E-state index contributed by atoms with van der Waals surface area (Å²) in [4.78, 5) is 15.3. The van der Waals surface area contributed by atoms with Crippen LogP contribution in [0.4, 0.5) is 5.82 Å². The van der Waals surface area contributed by atoms with E-state index in [1.54, 1.807) is 6.07 Å². The Kier molecular flexibility index (Phi) is 3.06. The van der Waals surface area contributed by atoms with E-state index >= 15 is 0 Å². The van der Waals surface area contributed by atoms with Crippen molar-refractivity contribution in [3.63, 3.8) is 0 Å². The van der Waals surface area contributed by atoms with Crippen LogP contribution in [0.5, 0.6) is 0 Å². The molecular weight excluding hydrogens is 256 g/mol. The summed E-state index contributed by atoms with van der Waals surface area (Å²) in [5, 5.41) is 24.0. The number of aromatic carboxylic acids is 1. The monoisotopic (exact) mass is 272 g/mol. The first kappa shape index (κ1) is 12.9. The van der Waals surface area contributed by atoms with Gasteiger partial charge < -0.3 is 15.5 Å². The average molecular weight is 272 g/mol. The van der Waals surface area contributed by atoms with E-state index in [1.165, 1.54) is 0 Å². The van der Waals surface area contributed by atoms with Gasteiger partial charge in [0.05, 0.1) is 5.60 Å². The fourth-order valence-corrected chi connectivity index (χ4v) is 2.45. The fraction of sp³-hybridized carbons (Fsp3) is 0.333. The molecule has 104 valence electrons. The van der Waals surface area contributed by atoms with Gasteiger partial charge in [0, 0.05) is 11.9 Å². The van der Waals surface area contributed by atoms with Crippen LogP contribution in [-0.2, 0) is 0 Å². The predicted octanol–water partition coefficient (Wildman–Crippen LogP) is 2.26. The Bertz CT molecular complexity index is 665. The third kappa shape index (κ3) is 2.32. The lowest BCUT2D eigenvalue weighted by Crippen LogP contribution is -2.43. The van der Waals surface area contributed by atoms with E-state index in [-0.39, 0.29) is 5.69 Å². The number of anilines is 1. The molecule has 0 saturated heterocycles. The summed E-state index contributed by atoms with van der Waals surface area (Å²) in [6, 6.07) is 9.04. The quantitative estimate of drug-likeness (QED) is 0.795. The zero-order valence-corrected chi connectivity index (χ0v) is 11.0. The molecule has 2 aromatic rings. The number of nitrogens with one attached hydrogen (secondary N) is 1. The maximum absolute atomic E-state index is 11.1. The second-order valence-corrected chi connectivity index (χ2v) is 5.31. The number of aromatic nitrogens is 1. The Labute approximate surface area is 116 Å². The van der Waals surface area contributed by atoms with Crippen molar-refractivity contribution < 1.29 is 15.0 Å². The molecule has 0 amide bonds. The summed E-state index contributed by atoms with van der Waals surface area (Å²) in [5.74, 6) is -0.540. The second-order valence-electron chi connectivity index (χ2n) is 5.31. The van der Waals surface area contributed by atoms with Crippen molar-refractivity contribution in [2.75, 3.05) is 11.9 Å². The standard InChI is InChI=1S/C15H16N2O3/c18-14(19)12-8-10-4-1-2-5-11(10)13(17-12)16-9-15(20)6-3-7-15/h1-2,4-5,8,20H,3,6-7,9H2,(H,16,17)(H,18,19). The number of carbonyl (C=O) groups is 1. The maximum Gasteiger partial charge on any atom is 0.354 e. The zero-order valence-electron chi connectivity index (χ0n) is 11.0. The molecule has 1 saturated carbocycles. The highest BCUT2D eigenvalue weighted by Crippen LogP contribution is 2.32. The van der Waals surface area contributed by atoms with Gasteiger partial charge in [0.2, 0.25) is 0 Å². The Balaban J connectivity index is 1.96. The van der Waals surface area contributed by atoms with Crippen LogP contribution in [0.15, 0.2) is 30.3 Å². The summed E-state index contributed by atoms with van der Waals surface area (Å²) < 4.78 is 0. The lowest BCUT2D eigenvalue weighted by Gasteiger charge is -2.36. The number of hydrogen-bond donors (Lipinski definition) is 3. The molecule has 20 heavy (non-hydrogen) atoms. The van der Waals surface area contributed by atoms with E-state index in [4.69, 9.17) is 5.11 Å². The van der Waals surface area contributed by atoms with Gasteiger partial charge in [-0.1, -0.05) is 24.3 Å². The first-order valence-corrected chi connectivity index (χ1v) is 6.67. The highest BCUT2D eigenvalue weighted by molar-refractivity contribution is 5.97. The van der Waals surface area contributed by atoms with Gasteiger partial charge in [0.25, 0.3) is 0 Å². The van der Waals surface area contributed by atoms with Gasteiger partial charge in [-0.25, -0.2) is 9.78 Å². The van der Waals surface area contributed by atoms with E-state index in [2.05, 4.69) is 10.3 Å². The van der Waals surface area contributed by atoms with E-state index in [1.807, 2.05) is 24.3 Å². The topological polar surface area (TPSA) is 82.5 Å². The number of benzene rings is 1. The van der Waals surface area contributed by atoms with Crippen molar-refractivity contribution >= 4 is 22.6 Å². The Morgan fingerprint density at radius 1 is 1.35 bits per heavy atom. The normalized spacial score (nSPS) is 16.6. The van der Waals surface area contributed by atoms with Crippen molar-refractivity contribution in [3.8, 4) is 0 Å². The van der Waals surface area contributed by atoms with Crippen LogP contribution in [0.3, 0.4) is 0 Å².